The van der Waals surface area contributed by atoms with Gasteiger partial charge in [-0.3, -0.25) is 0 Å². The molecule has 1 N–H and O–H groups in total. The molecule has 2 nitrogen and oxygen atoms in total. The average Bonchev–Trinajstić information content (AvgIpc) is 2.77. The van der Waals surface area contributed by atoms with E-state index in [0.29, 0.717) is 5.54 Å². The zero-order valence-corrected chi connectivity index (χ0v) is 8.45. The summed E-state index contributed by atoms with van der Waals surface area (Å²) in [4.78, 5) is 1.32. The summed E-state index contributed by atoms with van der Waals surface area (Å²) in [6, 6.07) is 4.16. The summed E-state index contributed by atoms with van der Waals surface area (Å²) in [5, 5.41) is 13.9. The first-order valence-corrected chi connectivity index (χ1v) is 5.32. The van der Waals surface area contributed by atoms with E-state index in [1.807, 2.05) is 18.5 Å². The molecule has 1 saturated carbocycles. The Hall–Kier alpha value is -0.850. The topological polar surface area (TPSA) is 35.8 Å². The molecule has 0 atom stereocenters. The van der Waals surface area contributed by atoms with E-state index in [1.54, 1.807) is 11.3 Å². The van der Waals surface area contributed by atoms with E-state index in [-0.39, 0.29) is 0 Å². The Morgan fingerprint density at radius 3 is 2.92 bits per heavy atom. The summed E-state index contributed by atoms with van der Waals surface area (Å²) in [6.45, 7) is 0. The minimum Gasteiger partial charge on any atom is -0.314 e. The molecule has 0 amide bonds. The minimum atomic E-state index is 0.359. The van der Waals surface area contributed by atoms with E-state index in [9.17, 15) is 0 Å². The molecular formula is C10H12N2S. The molecule has 2 rings (SSSR count). The van der Waals surface area contributed by atoms with Crippen LogP contribution in [0.5, 0.6) is 0 Å². The smallest absolute Gasteiger partial charge is 0.100 e. The van der Waals surface area contributed by atoms with Gasteiger partial charge in [-0.2, -0.15) is 5.26 Å². The fourth-order valence-corrected chi connectivity index (χ4v) is 2.49. The van der Waals surface area contributed by atoms with Gasteiger partial charge in [-0.25, -0.2) is 0 Å². The third kappa shape index (κ3) is 1.74. The van der Waals surface area contributed by atoms with E-state index < -0.39 is 0 Å². The summed E-state index contributed by atoms with van der Waals surface area (Å²) in [5.41, 5.74) is 1.16. The molecule has 3 heteroatoms. The molecule has 0 aromatic carbocycles. The zero-order chi connectivity index (χ0) is 9.31. The fraction of sp³-hybridized carbons (Fsp3) is 0.500. The highest BCUT2D eigenvalue weighted by molar-refractivity contribution is 7.10. The summed E-state index contributed by atoms with van der Waals surface area (Å²) in [5.74, 6) is 0. The first kappa shape index (κ1) is 8.74. The molecule has 68 valence electrons. The average molecular weight is 192 g/mol. The highest BCUT2D eigenvalue weighted by Crippen LogP contribution is 2.39. The Kier molecular flexibility index (Phi) is 2.10. The third-order valence-electron chi connectivity index (χ3n) is 2.68. The molecule has 1 fully saturated rings. The predicted octanol–water partition coefficient (Wildman–Crippen LogP) is 1.91. The van der Waals surface area contributed by atoms with Crippen LogP contribution in [0.1, 0.15) is 23.3 Å². The van der Waals surface area contributed by atoms with E-state index in [1.165, 1.54) is 17.7 Å². The van der Waals surface area contributed by atoms with Crippen molar-refractivity contribution in [3.63, 3.8) is 0 Å². The van der Waals surface area contributed by atoms with Crippen LogP contribution in [0.15, 0.2) is 11.4 Å². The number of hydrogen-bond donors (Lipinski definition) is 1. The Balaban J connectivity index is 2.06. The first-order chi connectivity index (χ1) is 6.28. The van der Waals surface area contributed by atoms with Gasteiger partial charge in [-0.15, -0.1) is 11.3 Å². The largest absolute Gasteiger partial charge is 0.314 e. The van der Waals surface area contributed by atoms with Gasteiger partial charge < -0.3 is 5.32 Å². The van der Waals surface area contributed by atoms with Crippen molar-refractivity contribution in [1.82, 2.24) is 5.32 Å². The predicted molar refractivity (Wildman–Crippen MR) is 53.8 cm³/mol. The van der Waals surface area contributed by atoms with Crippen LogP contribution in [0, 0.1) is 11.3 Å². The van der Waals surface area contributed by atoms with Crippen molar-refractivity contribution in [3.05, 3.63) is 21.9 Å². The van der Waals surface area contributed by atoms with E-state index in [2.05, 4.69) is 11.4 Å². The maximum atomic E-state index is 8.66. The summed E-state index contributed by atoms with van der Waals surface area (Å²) < 4.78 is 0. The van der Waals surface area contributed by atoms with Crippen molar-refractivity contribution in [2.45, 2.75) is 24.8 Å². The number of nitrogens with one attached hydrogen (secondary N) is 1. The Morgan fingerprint density at radius 2 is 2.46 bits per heavy atom. The molecule has 0 aliphatic heterocycles. The van der Waals surface area contributed by atoms with Crippen molar-refractivity contribution in [2.75, 3.05) is 7.05 Å². The van der Waals surface area contributed by atoms with Crippen molar-refractivity contribution in [1.29, 1.82) is 5.26 Å². The van der Waals surface area contributed by atoms with Gasteiger partial charge >= 0.3 is 0 Å². The first-order valence-electron chi connectivity index (χ1n) is 4.44. The van der Waals surface area contributed by atoms with Crippen LogP contribution in [0.2, 0.25) is 0 Å². The molecule has 1 aromatic rings. The second-order valence-electron chi connectivity index (χ2n) is 3.62. The fourth-order valence-electron chi connectivity index (χ4n) is 1.53. The van der Waals surface area contributed by atoms with Gasteiger partial charge in [-0.05, 0) is 32.4 Å². The van der Waals surface area contributed by atoms with Crippen LogP contribution in [0.4, 0.5) is 0 Å². The van der Waals surface area contributed by atoms with Crippen LogP contribution in [0.3, 0.4) is 0 Å². The summed E-state index contributed by atoms with van der Waals surface area (Å²) in [6.07, 6.45) is 3.61. The zero-order valence-electron chi connectivity index (χ0n) is 7.63. The number of thiophene rings is 1. The lowest BCUT2D eigenvalue weighted by molar-refractivity contribution is 0.553. The minimum absolute atomic E-state index is 0.359. The molecule has 1 aliphatic carbocycles. The van der Waals surface area contributed by atoms with Crippen LogP contribution < -0.4 is 5.32 Å². The van der Waals surface area contributed by atoms with Crippen molar-refractivity contribution in [3.8, 4) is 6.07 Å². The van der Waals surface area contributed by atoms with Crippen LogP contribution in [-0.4, -0.2) is 12.6 Å². The molecule has 0 bridgehead atoms. The number of rotatable bonds is 3. The Bertz CT molecular complexity index is 344. The normalized spacial score (nSPS) is 18.2. The Labute approximate surface area is 82.2 Å². The maximum absolute atomic E-state index is 8.66. The SMILES string of the molecule is CNC1(Cc2cc(C#N)cs2)CC1. The van der Waals surface area contributed by atoms with E-state index >= 15 is 0 Å². The highest BCUT2D eigenvalue weighted by atomic mass is 32.1. The highest BCUT2D eigenvalue weighted by Gasteiger charge is 2.41. The van der Waals surface area contributed by atoms with Gasteiger partial charge in [0.05, 0.1) is 5.56 Å². The maximum Gasteiger partial charge on any atom is 0.100 e. The molecule has 0 unspecified atom stereocenters. The van der Waals surface area contributed by atoms with Gasteiger partial charge in [0.15, 0.2) is 0 Å². The van der Waals surface area contributed by atoms with Gasteiger partial charge in [0.1, 0.15) is 6.07 Å². The molecule has 0 radical (unpaired) electrons. The summed E-state index contributed by atoms with van der Waals surface area (Å²) >= 11 is 1.69. The molecule has 0 saturated heterocycles. The van der Waals surface area contributed by atoms with Crippen molar-refractivity contribution < 1.29 is 0 Å². The third-order valence-corrected chi connectivity index (χ3v) is 3.62. The molecule has 0 spiro atoms. The lowest BCUT2D eigenvalue weighted by Gasteiger charge is -2.11. The van der Waals surface area contributed by atoms with Gasteiger partial charge in [0.2, 0.25) is 0 Å². The Morgan fingerprint density at radius 1 is 1.69 bits per heavy atom. The number of nitriles is 1. The van der Waals surface area contributed by atoms with E-state index in [0.717, 1.165) is 12.0 Å². The summed E-state index contributed by atoms with van der Waals surface area (Å²) in [7, 11) is 2.02. The number of nitrogens with zero attached hydrogens (tertiary/aromatic N) is 1. The standard InChI is InChI=1S/C10H12N2S/c1-12-10(2-3-10)5-9-4-8(6-11)7-13-9/h4,7,12H,2-3,5H2,1H3. The van der Waals surface area contributed by atoms with Gasteiger partial charge in [0.25, 0.3) is 0 Å². The molecular weight excluding hydrogens is 180 g/mol. The van der Waals surface area contributed by atoms with Crippen LogP contribution >= 0.6 is 11.3 Å². The molecule has 1 aliphatic rings. The quantitative estimate of drug-likeness (QED) is 0.794. The van der Waals surface area contributed by atoms with Crippen LogP contribution in [0.25, 0.3) is 0 Å². The van der Waals surface area contributed by atoms with E-state index in [4.69, 9.17) is 5.26 Å². The lowest BCUT2D eigenvalue weighted by atomic mass is 10.1. The number of likely N-dealkylation sites (N-methyl/N-ethyl adjacent to an activating group) is 1. The lowest BCUT2D eigenvalue weighted by Crippen LogP contribution is -2.29. The molecule has 1 heterocycles. The second kappa shape index (κ2) is 3.13. The molecule has 1 aromatic heterocycles. The van der Waals surface area contributed by atoms with Crippen LogP contribution in [-0.2, 0) is 6.42 Å². The van der Waals surface area contributed by atoms with Crippen molar-refractivity contribution >= 4 is 11.3 Å². The second-order valence-corrected chi connectivity index (χ2v) is 4.62. The van der Waals surface area contributed by atoms with Gasteiger partial charge in [0, 0.05) is 15.8 Å². The molecule has 13 heavy (non-hydrogen) atoms. The number of hydrogen-bond acceptors (Lipinski definition) is 3. The van der Waals surface area contributed by atoms with Crippen molar-refractivity contribution in [2.24, 2.45) is 0 Å². The monoisotopic (exact) mass is 192 g/mol. The van der Waals surface area contributed by atoms with Gasteiger partial charge in [-0.1, -0.05) is 0 Å².